The van der Waals surface area contributed by atoms with Gasteiger partial charge in [0, 0.05) is 12.6 Å². The first-order valence-corrected chi connectivity index (χ1v) is 6.56. The van der Waals surface area contributed by atoms with Crippen molar-refractivity contribution in [1.29, 1.82) is 0 Å². The normalized spacial score (nSPS) is 22.3. The zero-order chi connectivity index (χ0) is 13.5. The van der Waals surface area contributed by atoms with Crippen molar-refractivity contribution in [3.8, 4) is 0 Å². The summed E-state index contributed by atoms with van der Waals surface area (Å²) in [6.45, 7) is 5.81. The molecular formula is C13H23NO4. The Morgan fingerprint density at radius 3 is 2.78 bits per heavy atom. The first kappa shape index (κ1) is 15.0. The van der Waals surface area contributed by atoms with Crippen LogP contribution in [0.5, 0.6) is 0 Å². The SMILES string of the molecule is CCOC(=O)CC(C)N1CCC[C@H](C(=O)OC)C1. The summed E-state index contributed by atoms with van der Waals surface area (Å²) < 4.78 is 9.72. The lowest BCUT2D eigenvalue weighted by atomic mass is 9.96. The van der Waals surface area contributed by atoms with E-state index in [-0.39, 0.29) is 23.9 Å². The molecule has 0 aromatic heterocycles. The largest absolute Gasteiger partial charge is 0.469 e. The summed E-state index contributed by atoms with van der Waals surface area (Å²) in [6.07, 6.45) is 2.21. The highest BCUT2D eigenvalue weighted by Crippen LogP contribution is 2.20. The van der Waals surface area contributed by atoms with Crippen LogP contribution < -0.4 is 0 Å². The van der Waals surface area contributed by atoms with Gasteiger partial charge >= 0.3 is 11.9 Å². The van der Waals surface area contributed by atoms with Crippen LogP contribution in [0.3, 0.4) is 0 Å². The van der Waals surface area contributed by atoms with Crippen molar-refractivity contribution in [3.63, 3.8) is 0 Å². The first-order valence-electron chi connectivity index (χ1n) is 6.56. The van der Waals surface area contributed by atoms with Crippen LogP contribution in [0, 0.1) is 5.92 Å². The first-order chi connectivity index (χ1) is 8.58. The summed E-state index contributed by atoms with van der Waals surface area (Å²) in [5, 5.41) is 0. The smallest absolute Gasteiger partial charge is 0.309 e. The second-order valence-electron chi connectivity index (χ2n) is 4.72. The van der Waals surface area contributed by atoms with E-state index in [1.54, 1.807) is 6.92 Å². The van der Waals surface area contributed by atoms with Gasteiger partial charge in [0.05, 0.1) is 26.1 Å². The molecule has 2 atom stereocenters. The molecule has 0 bridgehead atoms. The third-order valence-electron chi connectivity index (χ3n) is 3.38. The summed E-state index contributed by atoms with van der Waals surface area (Å²) in [4.78, 5) is 25.1. The molecule has 1 aliphatic heterocycles. The summed E-state index contributed by atoms with van der Waals surface area (Å²) in [5.41, 5.74) is 0. The van der Waals surface area contributed by atoms with Crippen molar-refractivity contribution < 1.29 is 19.1 Å². The molecule has 0 radical (unpaired) electrons. The maximum Gasteiger partial charge on any atom is 0.309 e. The van der Waals surface area contributed by atoms with Crippen LogP contribution in [-0.4, -0.2) is 49.7 Å². The fourth-order valence-electron chi connectivity index (χ4n) is 2.36. The molecule has 0 aliphatic carbocycles. The number of nitrogens with zero attached hydrogens (tertiary/aromatic N) is 1. The maximum absolute atomic E-state index is 11.5. The second kappa shape index (κ2) is 7.36. The lowest BCUT2D eigenvalue weighted by Crippen LogP contribution is -2.44. The third-order valence-corrected chi connectivity index (χ3v) is 3.38. The quantitative estimate of drug-likeness (QED) is 0.693. The van der Waals surface area contributed by atoms with E-state index in [0.717, 1.165) is 19.4 Å². The molecule has 5 nitrogen and oxygen atoms in total. The number of carbonyl (C=O) groups excluding carboxylic acids is 2. The minimum Gasteiger partial charge on any atom is -0.469 e. The fraction of sp³-hybridized carbons (Fsp3) is 0.846. The minimum absolute atomic E-state index is 0.0617. The highest BCUT2D eigenvalue weighted by Gasteiger charge is 2.29. The van der Waals surface area contributed by atoms with Crippen molar-refractivity contribution in [2.45, 2.75) is 39.2 Å². The standard InChI is InChI=1S/C13H23NO4/c1-4-18-12(15)8-10(2)14-7-5-6-11(9-14)13(16)17-3/h10-11H,4-9H2,1-3H3/t10?,11-/m0/s1. The monoisotopic (exact) mass is 257 g/mol. The highest BCUT2D eigenvalue weighted by atomic mass is 16.5. The summed E-state index contributed by atoms with van der Waals surface area (Å²) in [6, 6.07) is 0.108. The number of carbonyl (C=O) groups is 2. The van der Waals surface area contributed by atoms with E-state index in [9.17, 15) is 9.59 Å². The molecule has 0 saturated carbocycles. The number of piperidine rings is 1. The summed E-state index contributed by atoms with van der Waals surface area (Å²) in [7, 11) is 1.42. The minimum atomic E-state index is -0.176. The van der Waals surface area contributed by atoms with Gasteiger partial charge in [0.2, 0.25) is 0 Å². The van der Waals surface area contributed by atoms with E-state index in [2.05, 4.69) is 4.90 Å². The van der Waals surface area contributed by atoms with Crippen molar-refractivity contribution >= 4 is 11.9 Å². The molecule has 0 amide bonds. The van der Waals surface area contributed by atoms with Crippen molar-refractivity contribution in [2.75, 3.05) is 26.8 Å². The Bertz CT molecular complexity index is 293. The van der Waals surface area contributed by atoms with Gasteiger partial charge in [0.1, 0.15) is 0 Å². The van der Waals surface area contributed by atoms with Gasteiger partial charge < -0.3 is 9.47 Å². The topological polar surface area (TPSA) is 55.8 Å². The number of likely N-dealkylation sites (tertiary alicyclic amines) is 1. The zero-order valence-electron chi connectivity index (χ0n) is 11.5. The number of rotatable bonds is 5. The van der Waals surface area contributed by atoms with E-state index in [1.807, 2.05) is 6.92 Å². The van der Waals surface area contributed by atoms with E-state index < -0.39 is 0 Å². The average molecular weight is 257 g/mol. The Balaban J connectivity index is 2.45. The molecule has 1 saturated heterocycles. The summed E-state index contributed by atoms with van der Waals surface area (Å²) >= 11 is 0. The number of hydrogen-bond acceptors (Lipinski definition) is 5. The van der Waals surface area contributed by atoms with Gasteiger partial charge in [0.15, 0.2) is 0 Å². The number of ether oxygens (including phenoxy) is 2. The Morgan fingerprint density at radius 2 is 2.17 bits per heavy atom. The van der Waals surface area contributed by atoms with Crippen molar-refractivity contribution in [1.82, 2.24) is 4.90 Å². The van der Waals surface area contributed by atoms with Crippen LogP contribution >= 0.6 is 0 Å². The number of esters is 2. The molecule has 0 aromatic rings. The third kappa shape index (κ3) is 4.29. The lowest BCUT2D eigenvalue weighted by Gasteiger charge is -2.35. The molecule has 18 heavy (non-hydrogen) atoms. The molecule has 1 unspecified atom stereocenters. The van der Waals surface area contributed by atoms with Crippen molar-refractivity contribution in [2.24, 2.45) is 5.92 Å². The lowest BCUT2D eigenvalue weighted by molar-refractivity contribution is -0.148. The van der Waals surface area contributed by atoms with Crippen LogP contribution in [-0.2, 0) is 19.1 Å². The molecule has 0 spiro atoms. The molecule has 1 heterocycles. The van der Waals surface area contributed by atoms with Crippen LogP contribution in [0.1, 0.15) is 33.1 Å². The van der Waals surface area contributed by atoms with Crippen LogP contribution in [0.15, 0.2) is 0 Å². The van der Waals surface area contributed by atoms with Gasteiger partial charge in [-0.15, -0.1) is 0 Å². The molecule has 1 rings (SSSR count). The molecular weight excluding hydrogens is 234 g/mol. The van der Waals surface area contributed by atoms with Gasteiger partial charge in [-0.3, -0.25) is 14.5 Å². The molecule has 104 valence electrons. The van der Waals surface area contributed by atoms with Gasteiger partial charge in [-0.2, -0.15) is 0 Å². The Kier molecular flexibility index (Phi) is 6.12. The molecule has 5 heteroatoms. The number of hydrogen-bond donors (Lipinski definition) is 0. The van der Waals surface area contributed by atoms with Crippen LogP contribution in [0.2, 0.25) is 0 Å². The predicted molar refractivity (Wildman–Crippen MR) is 67.0 cm³/mol. The van der Waals surface area contributed by atoms with Gasteiger partial charge in [-0.05, 0) is 33.2 Å². The predicted octanol–water partition coefficient (Wildman–Crippen LogP) is 1.21. The van der Waals surface area contributed by atoms with E-state index >= 15 is 0 Å². The van der Waals surface area contributed by atoms with E-state index in [1.165, 1.54) is 7.11 Å². The van der Waals surface area contributed by atoms with Gasteiger partial charge in [0.25, 0.3) is 0 Å². The van der Waals surface area contributed by atoms with Crippen molar-refractivity contribution in [3.05, 3.63) is 0 Å². The second-order valence-corrected chi connectivity index (χ2v) is 4.72. The molecule has 1 fully saturated rings. The Morgan fingerprint density at radius 1 is 1.44 bits per heavy atom. The molecule has 0 N–H and O–H groups in total. The average Bonchev–Trinajstić information content (AvgIpc) is 2.38. The molecule has 1 aliphatic rings. The Labute approximate surface area is 108 Å². The van der Waals surface area contributed by atoms with E-state index in [4.69, 9.17) is 9.47 Å². The number of methoxy groups -OCH3 is 1. The summed E-state index contributed by atoms with van der Waals surface area (Å²) in [5.74, 6) is -0.387. The van der Waals surface area contributed by atoms with Crippen LogP contribution in [0.25, 0.3) is 0 Å². The maximum atomic E-state index is 11.5. The highest BCUT2D eigenvalue weighted by molar-refractivity contribution is 5.72. The molecule has 0 aromatic carbocycles. The van der Waals surface area contributed by atoms with Gasteiger partial charge in [-0.1, -0.05) is 0 Å². The van der Waals surface area contributed by atoms with Gasteiger partial charge in [-0.25, -0.2) is 0 Å². The Hall–Kier alpha value is -1.10. The fourth-order valence-corrected chi connectivity index (χ4v) is 2.36. The zero-order valence-corrected chi connectivity index (χ0v) is 11.5. The van der Waals surface area contributed by atoms with E-state index in [0.29, 0.717) is 19.6 Å². The van der Waals surface area contributed by atoms with Crippen LogP contribution in [0.4, 0.5) is 0 Å².